The molecule has 0 aromatic carbocycles. The van der Waals surface area contributed by atoms with Crippen LogP contribution in [0.15, 0.2) is 0 Å². The molecule has 0 N–H and O–H groups in total. The van der Waals surface area contributed by atoms with Crippen LogP contribution in [-0.4, -0.2) is 0 Å². The van der Waals surface area contributed by atoms with Crippen LogP contribution in [0.2, 0.25) is 0 Å². The summed E-state index contributed by atoms with van der Waals surface area (Å²) in [4.78, 5) is 0. The first-order valence-corrected chi connectivity index (χ1v) is 0.842. The van der Waals surface area contributed by atoms with Gasteiger partial charge in [-0.3, -0.25) is 0 Å². The Morgan fingerprint density at radius 3 is 1.50 bits per heavy atom. The summed E-state index contributed by atoms with van der Waals surface area (Å²) in [7, 11) is 0. The molecule has 0 spiro atoms. The Morgan fingerprint density at radius 2 is 1.50 bits per heavy atom. The predicted molar refractivity (Wildman–Crippen MR) is 1.80 cm³/mol. The fourth-order valence-corrected chi connectivity index (χ4v) is 0. The van der Waals surface area contributed by atoms with Crippen molar-refractivity contribution in [2.75, 3.05) is 0 Å². The minimum atomic E-state index is 0. The van der Waals surface area contributed by atoms with Crippen LogP contribution in [0.25, 0.3) is 0 Å². The van der Waals surface area contributed by atoms with Gasteiger partial charge in [0.2, 0.25) is 0 Å². The fourth-order valence-electron chi connectivity index (χ4n) is 0. The summed E-state index contributed by atoms with van der Waals surface area (Å²) in [5.74, 6) is 0. The van der Waals surface area contributed by atoms with E-state index in [0.29, 0.717) is 0 Å². The second kappa shape index (κ2) is 17.9. The van der Waals surface area contributed by atoms with E-state index < -0.39 is 0 Å². The van der Waals surface area contributed by atoms with Gasteiger partial charge in [0.05, 0.1) is 0 Å². The van der Waals surface area contributed by atoms with E-state index in [-0.39, 0.29) is 62.0 Å². The van der Waals surface area contributed by atoms with E-state index in [1.807, 2.05) is 0 Å². The third-order valence-electron chi connectivity index (χ3n) is 0. The van der Waals surface area contributed by atoms with Crippen LogP contribution in [0.3, 0.4) is 0 Å². The van der Waals surface area contributed by atoms with Gasteiger partial charge < -0.3 is 1.43 Å². The summed E-state index contributed by atoms with van der Waals surface area (Å²) < 4.78 is 8.25. The second-order valence-corrected chi connectivity index (χ2v) is 0. The number of hydrogen-bond donors (Lipinski definition) is 0. The zero-order valence-corrected chi connectivity index (χ0v) is 7.11. The molecule has 0 amide bonds. The maximum atomic E-state index is 8.25. The molecule has 1 nitrogen and oxygen atoms in total. The predicted octanol–water partition coefficient (Wildman–Crippen LogP) is -3.00. The summed E-state index contributed by atoms with van der Waals surface area (Å²) in [6.45, 7) is 0. The number of hydrogen-bond acceptors (Lipinski definition) is 1. The standard InChI is InChI=1S/Ce.Li.O.Ti.H/q;+1;;;-1. The van der Waals surface area contributed by atoms with E-state index in [9.17, 15) is 0 Å². The van der Waals surface area contributed by atoms with Crippen LogP contribution >= 0.6 is 0 Å². The molecule has 0 saturated heterocycles. The van der Waals surface area contributed by atoms with Crippen molar-refractivity contribution in [1.82, 2.24) is 0 Å². The molecule has 0 aliphatic heterocycles. The van der Waals surface area contributed by atoms with E-state index in [1.54, 1.807) is 0 Å². The Morgan fingerprint density at radius 1 is 1.50 bits per heavy atom. The summed E-state index contributed by atoms with van der Waals surface area (Å²) in [5, 5.41) is 0. The van der Waals surface area contributed by atoms with Crippen molar-refractivity contribution in [3.05, 3.63) is 0 Å². The Balaban J connectivity index is -0.00000000167. The molecule has 0 fully saturated rings. The molecule has 0 radical (unpaired) electrons. The normalized spacial score (nSPS) is 0.750. The molecule has 0 aromatic rings. The summed E-state index contributed by atoms with van der Waals surface area (Å²) >= 11 is 0.750. The molecule has 16 valence electrons. The van der Waals surface area contributed by atoms with E-state index in [2.05, 4.69) is 0 Å². The molecule has 0 bridgehead atoms. The maximum absolute atomic E-state index is 8.25. The van der Waals surface area contributed by atoms with Crippen molar-refractivity contribution in [2.45, 2.75) is 0 Å². The monoisotopic (exact) mass is 212 g/mol. The van der Waals surface area contributed by atoms with Crippen molar-refractivity contribution in [3.8, 4) is 0 Å². The average Bonchev–Trinajstić information content (AvgIpc) is 1.00. The zero-order valence-electron chi connectivity index (χ0n) is 3.41. The Kier molecular flexibility index (Phi) is 71.7. The molecule has 4 heteroatoms. The van der Waals surface area contributed by atoms with Crippen LogP contribution in [-0.2, 0) is 23.7 Å². The van der Waals surface area contributed by atoms with E-state index >= 15 is 0 Å². The molecular weight excluding hydrogens is 211 g/mol. The zero-order chi connectivity index (χ0) is 2.00. The van der Waals surface area contributed by atoms with Gasteiger partial charge in [-0.15, -0.1) is 0 Å². The topological polar surface area (TPSA) is 17.1 Å². The molecule has 0 heterocycles. The van der Waals surface area contributed by atoms with Crippen molar-refractivity contribution in [3.63, 3.8) is 0 Å². The molecule has 0 rings (SSSR count). The second-order valence-electron chi connectivity index (χ2n) is 0. The van der Waals surface area contributed by atoms with Gasteiger partial charge in [0, 0.05) is 41.7 Å². The first-order chi connectivity index (χ1) is 1.00. The van der Waals surface area contributed by atoms with Gasteiger partial charge in [-0.25, -0.2) is 0 Å². The molecular formula is HCeLiOTi. The van der Waals surface area contributed by atoms with Gasteiger partial charge in [-0.1, -0.05) is 0 Å². The van der Waals surface area contributed by atoms with Gasteiger partial charge in [0.1, 0.15) is 0 Å². The molecule has 0 aliphatic carbocycles. The molecule has 0 atom stereocenters. The van der Waals surface area contributed by atoms with Gasteiger partial charge in [-0.2, -0.15) is 0 Å². The van der Waals surface area contributed by atoms with Crippen LogP contribution in [0.4, 0.5) is 0 Å². The van der Waals surface area contributed by atoms with Crippen molar-refractivity contribution in [1.29, 1.82) is 0 Å². The quantitative estimate of drug-likeness (QED) is 0.391. The van der Waals surface area contributed by atoms with Crippen LogP contribution in [0, 0.1) is 41.7 Å². The molecule has 0 unspecified atom stereocenters. The third kappa shape index (κ3) is 8.82. The Labute approximate surface area is 84.1 Å². The van der Waals surface area contributed by atoms with Crippen LogP contribution < -0.4 is 18.9 Å². The van der Waals surface area contributed by atoms with Gasteiger partial charge in [-0.05, 0) is 0 Å². The van der Waals surface area contributed by atoms with Crippen LogP contribution in [0.1, 0.15) is 1.43 Å². The molecule has 0 aromatic heterocycles. The molecule has 0 saturated carbocycles. The van der Waals surface area contributed by atoms with E-state index in [1.165, 1.54) is 0 Å². The Bertz CT molecular complexity index is 11.6. The third-order valence-corrected chi connectivity index (χ3v) is 0. The van der Waals surface area contributed by atoms with Crippen molar-refractivity contribution >= 4 is 0 Å². The van der Waals surface area contributed by atoms with Crippen LogP contribution in [0.5, 0.6) is 0 Å². The van der Waals surface area contributed by atoms with E-state index in [4.69, 9.17) is 3.32 Å². The SMILES string of the molecule is [Ce].[H-].[Li+].[O]=[Ti]. The first-order valence-electron chi connectivity index (χ1n) is 0.204. The fraction of sp³-hybridized carbons (Fsp3) is 0. The van der Waals surface area contributed by atoms with Crippen molar-refractivity contribution in [2.24, 2.45) is 0 Å². The van der Waals surface area contributed by atoms with Gasteiger partial charge in [0.15, 0.2) is 0 Å². The van der Waals surface area contributed by atoms with Gasteiger partial charge >= 0.3 is 42.6 Å². The summed E-state index contributed by atoms with van der Waals surface area (Å²) in [5.41, 5.74) is 0. The summed E-state index contributed by atoms with van der Waals surface area (Å²) in [6.07, 6.45) is 0. The summed E-state index contributed by atoms with van der Waals surface area (Å²) in [6, 6.07) is 0. The minimum absolute atomic E-state index is 0. The molecule has 4 heavy (non-hydrogen) atoms. The number of rotatable bonds is 0. The van der Waals surface area contributed by atoms with Crippen molar-refractivity contribution < 1.29 is 85.8 Å². The van der Waals surface area contributed by atoms with Gasteiger partial charge in [0.25, 0.3) is 0 Å². The average molecular weight is 212 g/mol. The first kappa shape index (κ1) is 16.1. The Hall–Kier alpha value is 2.49. The van der Waals surface area contributed by atoms with E-state index in [0.717, 1.165) is 20.4 Å². The molecule has 0 aliphatic rings.